The fraction of sp³-hybridized carbons (Fsp3) is 0.115. The van der Waals surface area contributed by atoms with Crippen LogP contribution in [0.25, 0.3) is 10.8 Å². The fourth-order valence-corrected chi connectivity index (χ4v) is 4.35. The van der Waals surface area contributed by atoms with E-state index in [0.717, 1.165) is 27.5 Å². The van der Waals surface area contributed by atoms with Crippen LogP contribution < -0.4 is 4.72 Å². The normalized spacial score (nSPS) is 12.8. The van der Waals surface area contributed by atoms with Crippen LogP contribution in [0.15, 0.2) is 107 Å². The molecular weight excluding hydrogens is 420 g/mol. The highest BCUT2D eigenvalue weighted by atomic mass is 32.2. The number of aryl methyl sites for hydroxylation is 1. The van der Waals surface area contributed by atoms with E-state index < -0.39 is 16.1 Å². The Bertz CT molecular complexity index is 1320. The minimum Gasteiger partial charge on any atom is -0.386 e. The molecular formula is C26H24N2O3S. The Morgan fingerprint density at radius 3 is 2.31 bits per heavy atom. The highest BCUT2D eigenvalue weighted by Gasteiger charge is 2.19. The molecule has 0 aliphatic heterocycles. The average Bonchev–Trinajstić information content (AvgIpc) is 2.82. The molecule has 4 aromatic rings. The van der Waals surface area contributed by atoms with Gasteiger partial charge >= 0.3 is 0 Å². The lowest BCUT2D eigenvalue weighted by Gasteiger charge is -2.16. The third-order valence-electron chi connectivity index (χ3n) is 5.12. The Labute approximate surface area is 188 Å². The Morgan fingerprint density at radius 1 is 0.875 bits per heavy atom. The summed E-state index contributed by atoms with van der Waals surface area (Å²) in [7, 11) is -3.66. The summed E-state index contributed by atoms with van der Waals surface area (Å²) in [5, 5.41) is 6.41. The van der Waals surface area contributed by atoms with Gasteiger partial charge in [-0.15, -0.1) is 0 Å². The summed E-state index contributed by atoms with van der Waals surface area (Å²) in [4.78, 5) is 5.95. The third kappa shape index (κ3) is 5.41. The molecule has 0 aliphatic carbocycles. The molecule has 0 radical (unpaired) electrons. The van der Waals surface area contributed by atoms with E-state index in [0.29, 0.717) is 0 Å². The van der Waals surface area contributed by atoms with Gasteiger partial charge < -0.3 is 4.84 Å². The van der Waals surface area contributed by atoms with Crippen molar-refractivity contribution < 1.29 is 13.3 Å². The van der Waals surface area contributed by atoms with Crippen molar-refractivity contribution in [1.82, 2.24) is 4.72 Å². The molecule has 0 fully saturated rings. The van der Waals surface area contributed by atoms with Gasteiger partial charge in [0, 0.05) is 0 Å². The standard InChI is InChI=1S/C26H24N2O3S/c1-20-11-15-25(16-12-20)32(29,30)28-19-26(23-8-3-2-4-9-23)31-27-18-21-13-14-22-7-5-6-10-24(22)17-21/h2-18,26,28H,19H2,1H3/b27-18+. The van der Waals surface area contributed by atoms with Crippen molar-refractivity contribution in [2.45, 2.75) is 17.9 Å². The average molecular weight is 445 g/mol. The molecule has 4 aromatic carbocycles. The second kappa shape index (κ2) is 9.77. The summed E-state index contributed by atoms with van der Waals surface area (Å²) in [6.45, 7) is 1.96. The molecule has 0 aliphatic rings. The van der Waals surface area contributed by atoms with Gasteiger partial charge in [0.1, 0.15) is 0 Å². The number of oxime groups is 1. The number of hydrogen-bond donors (Lipinski definition) is 1. The summed E-state index contributed by atoms with van der Waals surface area (Å²) in [5.41, 5.74) is 2.72. The van der Waals surface area contributed by atoms with E-state index in [9.17, 15) is 8.42 Å². The predicted molar refractivity (Wildman–Crippen MR) is 128 cm³/mol. The molecule has 1 N–H and O–H groups in total. The number of nitrogens with zero attached hydrogens (tertiary/aromatic N) is 1. The van der Waals surface area contributed by atoms with Gasteiger partial charge in [-0.05, 0) is 47.0 Å². The van der Waals surface area contributed by atoms with E-state index in [1.165, 1.54) is 0 Å². The zero-order valence-corrected chi connectivity index (χ0v) is 18.5. The van der Waals surface area contributed by atoms with E-state index >= 15 is 0 Å². The maximum atomic E-state index is 12.7. The van der Waals surface area contributed by atoms with E-state index in [1.54, 1.807) is 30.5 Å². The van der Waals surface area contributed by atoms with Crippen molar-refractivity contribution in [1.29, 1.82) is 0 Å². The Hall–Kier alpha value is -3.48. The topological polar surface area (TPSA) is 67.8 Å². The molecule has 4 rings (SSSR count). The molecule has 1 unspecified atom stereocenters. The number of sulfonamides is 1. The van der Waals surface area contributed by atoms with Crippen molar-refractivity contribution in [3.63, 3.8) is 0 Å². The first-order chi connectivity index (χ1) is 15.5. The maximum absolute atomic E-state index is 12.7. The molecule has 0 amide bonds. The van der Waals surface area contributed by atoms with Crippen LogP contribution in [0, 0.1) is 6.92 Å². The molecule has 6 heteroatoms. The summed E-state index contributed by atoms with van der Waals surface area (Å²) in [5.74, 6) is 0. The first-order valence-electron chi connectivity index (χ1n) is 10.3. The van der Waals surface area contributed by atoms with Crippen LogP contribution in [-0.4, -0.2) is 21.2 Å². The molecule has 0 saturated carbocycles. The van der Waals surface area contributed by atoms with E-state index in [1.807, 2.05) is 73.7 Å². The largest absolute Gasteiger partial charge is 0.386 e. The molecule has 0 spiro atoms. The Kier molecular flexibility index (Phi) is 6.63. The summed E-state index contributed by atoms with van der Waals surface area (Å²) in [6, 6.07) is 30.3. The van der Waals surface area contributed by atoms with Crippen LogP contribution in [0.3, 0.4) is 0 Å². The van der Waals surface area contributed by atoms with E-state index in [-0.39, 0.29) is 11.4 Å². The second-order valence-electron chi connectivity index (χ2n) is 7.51. The van der Waals surface area contributed by atoms with Gasteiger partial charge in [0.15, 0.2) is 6.10 Å². The van der Waals surface area contributed by atoms with Crippen LogP contribution in [0.5, 0.6) is 0 Å². The SMILES string of the molecule is Cc1ccc(S(=O)(=O)NCC(O/N=C/c2ccc3ccccc3c2)c2ccccc2)cc1. The lowest BCUT2D eigenvalue weighted by atomic mass is 10.1. The summed E-state index contributed by atoms with van der Waals surface area (Å²) >= 11 is 0. The minimum absolute atomic E-state index is 0.0509. The van der Waals surface area contributed by atoms with Crippen LogP contribution in [0.1, 0.15) is 22.8 Å². The first kappa shape index (κ1) is 21.7. The van der Waals surface area contributed by atoms with Crippen LogP contribution in [-0.2, 0) is 14.9 Å². The molecule has 5 nitrogen and oxygen atoms in total. The van der Waals surface area contributed by atoms with Crippen LogP contribution in [0.2, 0.25) is 0 Å². The van der Waals surface area contributed by atoms with Crippen molar-refractivity contribution in [2.75, 3.05) is 6.54 Å². The minimum atomic E-state index is -3.66. The highest BCUT2D eigenvalue weighted by Crippen LogP contribution is 2.19. The quantitative estimate of drug-likeness (QED) is 0.299. The number of fused-ring (bicyclic) bond motifs is 1. The Morgan fingerprint density at radius 2 is 1.56 bits per heavy atom. The van der Waals surface area contributed by atoms with E-state index in [2.05, 4.69) is 15.9 Å². The monoisotopic (exact) mass is 444 g/mol. The molecule has 1 atom stereocenters. The van der Waals surface area contributed by atoms with Crippen LogP contribution in [0.4, 0.5) is 0 Å². The number of benzene rings is 4. The van der Waals surface area contributed by atoms with Gasteiger partial charge in [-0.1, -0.05) is 89.6 Å². The van der Waals surface area contributed by atoms with Gasteiger partial charge in [-0.2, -0.15) is 0 Å². The fourth-order valence-electron chi connectivity index (χ4n) is 3.32. The van der Waals surface area contributed by atoms with Gasteiger partial charge in [-0.25, -0.2) is 13.1 Å². The predicted octanol–water partition coefficient (Wildman–Crippen LogP) is 5.22. The van der Waals surface area contributed by atoms with E-state index in [4.69, 9.17) is 4.84 Å². The van der Waals surface area contributed by atoms with Crippen LogP contribution >= 0.6 is 0 Å². The van der Waals surface area contributed by atoms with Crippen molar-refractivity contribution in [3.8, 4) is 0 Å². The van der Waals surface area contributed by atoms with Gasteiger partial charge in [0.25, 0.3) is 0 Å². The number of hydrogen-bond acceptors (Lipinski definition) is 4. The zero-order valence-electron chi connectivity index (χ0n) is 17.7. The molecule has 32 heavy (non-hydrogen) atoms. The molecule has 0 heterocycles. The molecule has 0 aromatic heterocycles. The molecule has 0 bridgehead atoms. The molecule has 0 saturated heterocycles. The highest BCUT2D eigenvalue weighted by molar-refractivity contribution is 7.89. The lowest BCUT2D eigenvalue weighted by Crippen LogP contribution is -2.29. The second-order valence-corrected chi connectivity index (χ2v) is 9.28. The zero-order chi connectivity index (χ0) is 22.4. The number of nitrogens with one attached hydrogen (secondary N) is 1. The Balaban J connectivity index is 1.49. The maximum Gasteiger partial charge on any atom is 0.240 e. The van der Waals surface area contributed by atoms with Crippen molar-refractivity contribution in [2.24, 2.45) is 5.16 Å². The first-order valence-corrected chi connectivity index (χ1v) is 11.8. The van der Waals surface area contributed by atoms with Gasteiger partial charge in [0.2, 0.25) is 10.0 Å². The number of rotatable bonds is 8. The lowest BCUT2D eigenvalue weighted by molar-refractivity contribution is 0.0634. The molecule has 162 valence electrons. The van der Waals surface area contributed by atoms with Crippen molar-refractivity contribution >= 4 is 27.0 Å². The third-order valence-corrected chi connectivity index (χ3v) is 6.56. The summed E-state index contributed by atoms with van der Waals surface area (Å²) < 4.78 is 28.0. The smallest absolute Gasteiger partial charge is 0.240 e. The van der Waals surface area contributed by atoms with Gasteiger partial charge in [-0.3, -0.25) is 0 Å². The summed E-state index contributed by atoms with van der Waals surface area (Å²) in [6.07, 6.45) is 1.06. The van der Waals surface area contributed by atoms with Crippen molar-refractivity contribution in [3.05, 3.63) is 114 Å². The van der Waals surface area contributed by atoms with Gasteiger partial charge in [0.05, 0.1) is 17.7 Å².